The first-order chi connectivity index (χ1) is 11.7. The molecule has 25 heavy (non-hydrogen) atoms. The Bertz CT molecular complexity index is 700. The first-order valence-electron chi connectivity index (χ1n) is 7.99. The Hall–Kier alpha value is -2.66. The summed E-state index contributed by atoms with van der Waals surface area (Å²) >= 11 is 0. The topological polar surface area (TPSA) is 105 Å². The minimum atomic E-state index is -0.541. The smallest absolute Gasteiger partial charge is 0.407 e. The number of nitriles is 1. The number of aromatic nitrogens is 1. The highest BCUT2D eigenvalue weighted by Crippen LogP contribution is 2.18. The maximum Gasteiger partial charge on any atom is 0.407 e. The fourth-order valence-corrected chi connectivity index (χ4v) is 2.24. The number of pyridine rings is 1. The second-order valence-corrected chi connectivity index (χ2v) is 6.94. The molecule has 0 unspecified atom stereocenters. The third-order valence-corrected chi connectivity index (χ3v) is 3.51. The monoisotopic (exact) mass is 346 g/mol. The molecule has 8 heteroatoms. The summed E-state index contributed by atoms with van der Waals surface area (Å²) in [4.78, 5) is 33.0. The van der Waals surface area contributed by atoms with Crippen LogP contribution < -0.4 is 5.32 Å². The molecular formula is C17H22N4O4. The van der Waals surface area contributed by atoms with E-state index in [9.17, 15) is 9.59 Å². The van der Waals surface area contributed by atoms with Crippen molar-refractivity contribution in [2.45, 2.75) is 33.3 Å². The van der Waals surface area contributed by atoms with E-state index in [1.54, 1.807) is 27.7 Å². The van der Waals surface area contributed by atoms with Gasteiger partial charge in [0.2, 0.25) is 0 Å². The van der Waals surface area contributed by atoms with Crippen molar-refractivity contribution < 1.29 is 19.2 Å². The lowest BCUT2D eigenvalue weighted by atomic mass is 10.0. The van der Waals surface area contributed by atoms with Crippen LogP contribution in [0.5, 0.6) is 0 Å². The van der Waals surface area contributed by atoms with Gasteiger partial charge < -0.3 is 14.9 Å². The molecule has 1 aliphatic rings. The van der Waals surface area contributed by atoms with Crippen LogP contribution in [0.15, 0.2) is 12.3 Å². The Morgan fingerprint density at radius 2 is 2.12 bits per heavy atom. The van der Waals surface area contributed by atoms with Crippen LogP contribution in [0.3, 0.4) is 0 Å². The highest BCUT2D eigenvalue weighted by Gasteiger charge is 2.31. The molecule has 0 radical (unpaired) electrons. The largest absolute Gasteiger partial charge is 0.444 e. The second kappa shape index (κ2) is 7.49. The van der Waals surface area contributed by atoms with Gasteiger partial charge in [0.15, 0.2) is 0 Å². The van der Waals surface area contributed by atoms with Gasteiger partial charge in [-0.15, -0.1) is 5.06 Å². The minimum Gasteiger partial charge on any atom is -0.444 e. The zero-order valence-electron chi connectivity index (χ0n) is 14.8. The van der Waals surface area contributed by atoms with Crippen molar-refractivity contribution in [2.24, 2.45) is 5.92 Å². The number of alkyl carbamates (subject to hydrolysis) is 1. The van der Waals surface area contributed by atoms with Crippen LogP contribution in [0, 0.1) is 24.2 Å². The Balaban J connectivity index is 1.76. The van der Waals surface area contributed by atoms with Gasteiger partial charge in [-0.2, -0.15) is 5.26 Å². The van der Waals surface area contributed by atoms with Gasteiger partial charge in [0, 0.05) is 31.7 Å². The van der Waals surface area contributed by atoms with Gasteiger partial charge in [0.1, 0.15) is 11.7 Å². The molecule has 1 saturated heterocycles. The number of rotatable bonds is 4. The number of ether oxygens (including phenoxy) is 1. The number of amides is 1. The van der Waals surface area contributed by atoms with E-state index in [2.05, 4.69) is 10.3 Å². The Kier molecular flexibility index (Phi) is 5.59. The van der Waals surface area contributed by atoms with Crippen molar-refractivity contribution in [3.05, 3.63) is 29.1 Å². The molecule has 0 spiro atoms. The zero-order valence-corrected chi connectivity index (χ0v) is 14.8. The predicted octanol–water partition coefficient (Wildman–Crippen LogP) is 1.79. The average molecular weight is 346 g/mol. The van der Waals surface area contributed by atoms with E-state index in [1.807, 2.05) is 6.07 Å². The number of carbonyl (C=O) groups excluding carboxylic acids is 2. The summed E-state index contributed by atoms with van der Waals surface area (Å²) in [5, 5.41) is 13.1. The van der Waals surface area contributed by atoms with E-state index in [-0.39, 0.29) is 11.5 Å². The molecular weight excluding hydrogens is 324 g/mol. The lowest BCUT2D eigenvalue weighted by molar-refractivity contribution is -0.172. The molecule has 1 aromatic heterocycles. The molecule has 0 aromatic carbocycles. The molecule has 8 nitrogen and oxygen atoms in total. The minimum absolute atomic E-state index is 0.185. The fraction of sp³-hybridized carbons (Fsp3) is 0.529. The van der Waals surface area contributed by atoms with Crippen molar-refractivity contribution in [3.63, 3.8) is 0 Å². The Morgan fingerprint density at radius 3 is 2.72 bits per heavy atom. The van der Waals surface area contributed by atoms with Gasteiger partial charge >= 0.3 is 12.1 Å². The van der Waals surface area contributed by atoms with Crippen LogP contribution in [0.25, 0.3) is 0 Å². The summed E-state index contributed by atoms with van der Waals surface area (Å²) in [5.41, 5.74) is 0.553. The molecule has 0 aliphatic carbocycles. The van der Waals surface area contributed by atoms with Crippen molar-refractivity contribution in [1.82, 2.24) is 15.4 Å². The van der Waals surface area contributed by atoms with Crippen LogP contribution in [0.4, 0.5) is 4.79 Å². The quantitative estimate of drug-likeness (QED) is 0.886. The number of nitrogens with zero attached hydrogens (tertiary/aromatic N) is 3. The summed E-state index contributed by atoms with van der Waals surface area (Å²) in [5.74, 6) is -0.356. The third-order valence-electron chi connectivity index (χ3n) is 3.51. The van der Waals surface area contributed by atoms with Crippen molar-refractivity contribution in [3.8, 4) is 6.07 Å². The van der Waals surface area contributed by atoms with E-state index in [0.717, 1.165) is 0 Å². The van der Waals surface area contributed by atoms with Gasteiger partial charge in [-0.25, -0.2) is 9.59 Å². The molecule has 1 N–H and O–H groups in total. The summed E-state index contributed by atoms with van der Waals surface area (Å²) in [6.45, 7) is 8.58. The van der Waals surface area contributed by atoms with Crippen molar-refractivity contribution in [1.29, 1.82) is 5.26 Å². The normalized spacial score (nSPS) is 15.0. The fourth-order valence-electron chi connectivity index (χ4n) is 2.24. The molecule has 0 bridgehead atoms. The van der Waals surface area contributed by atoms with E-state index in [1.165, 1.54) is 17.3 Å². The molecule has 2 rings (SSSR count). The lowest BCUT2D eigenvalue weighted by Gasteiger charge is -2.37. The maximum absolute atomic E-state index is 12.2. The number of nitrogens with one attached hydrogen (secondary N) is 1. The van der Waals surface area contributed by atoms with Gasteiger partial charge in [0.25, 0.3) is 0 Å². The SMILES string of the molecule is Cc1ncc(C#N)cc1C(=O)ON1CC(CNC(=O)OC(C)(C)C)C1. The average Bonchev–Trinajstić information content (AvgIpc) is 2.47. The lowest BCUT2D eigenvalue weighted by Crippen LogP contribution is -2.52. The van der Waals surface area contributed by atoms with Crippen LogP contribution in [-0.4, -0.2) is 47.3 Å². The van der Waals surface area contributed by atoms with Gasteiger partial charge in [0.05, 0.1) is 16.8 Å². The Morgan fingerprint density at radius 1 is 1.44 bits per heavy atom. The first-order valence-corrected chi connectivity index (χ1v) is 7.99. The second-order valence-electron chi connectivity index (χ2n) is 6.94. The third kappa shape index (κ3) is 5.43. The summed E-state index contributed by atoms with van der Waals surface area (Å²) in [6, 6.07) is 3.41. The Labute approximate surface area is 146 Å². The van der Waals surface area contributed by atoms with Crippen LogP contribution in [-0.2, 0) is 9.57 Å². The molecule has 1 aromatic rings. The van der Waals surface area contributed by atoms with Gasteiger partial charge in [-0.05, 0) is 33.8 Å². The molecule has 1 aliphatic heterocycles. The summed E-state index contributed by atoms with van der Waals surface area (Å²) in [7, 11) is 0. The highest BCUT2D eigenvalue weighted by molar-refractivity contribution is 5.90. The molecule has 1 amide bonds. The predicted molar refractivity (Wildman–Crippen MR) is 88.4 cm³/mol. The van der Waals surface area contributed by atoms with Crippen molar-refractivity contribution >= 4 is 12.1 Å². The van der Waals surface area contributed by atoms with Gasteiger partial charge in [-0.3, -0.25) is 4.98 Å². The van der Waals surface area contributed by atoms with E-state index >= 15 is 0 Å². The molecule has 0 atom stereocenters. The zero-order chi connectivity index (χ0) is 18.6. The molecule has 1 fully saturated rings. The molecule has 2 heterocycles. The number of hydroxylamine groups is 2. The van der Waals surface area contributed by atoms with Crippen LogP contribution >= 0.6 is 0 Å². The maximum atomic E-state index is 12.2. The van der Waals surface area contributed by atoms with Crippen LogP contribution in [0.1, 0.15) is 42.4 Å². The van der Waals surface area contributed by atoms with Gasteiger partial charge in [-0.1, -0.05) is 0 Å². The summed E-state index contributed by atoms with van der Waals surface area (Å²) in [6.07, 6.45) is 0.951. The molecule has 0 saturated carbocycles. The number of carbonyl (C=O) groups is 2. The van der Waals surface area contributed by atoms with E-state index in [0.29, 0.717) is 30.9 Å². The number of aryl methyl sites for hydroxylation is 1. The number of hydrogen-bond donors (Lipinski definition) is 1. The van der Waals surface area contributed by atoms with E-state index < -0.39 is 17.7 Å². The highest BCUT2D eigenvalue weighted by atomic mass is 16.7. The number of hydrogen-bond acceptors (Lipinski definition) is 7. The van der Waals surface area contributed by atoms with Crippen molar-refractivity contribution in [2.75, 3.05) is 19.6 Å². The first kappa shape index (κ1) is 18.7. The van der Waals surface area contributed by atoms with Crippen LogP contribution in [0.2, 0.25) is 0 Å². The summed E-state index contributed by atoms with van der Waals surface area (Å²) < 4.78 is 5.16. The molecule has 134 valence electrons. The standard InChI is InChI=1S/C17H22N4O4/c1-11-14(5-12(6-18)7-19-11)15(22)25-21-9-13(10-21)8-20-16(23)24-17(2,3)4/h5,7,13H,8-10H2,1-4H3,(H,20,23). The van der Waals surface area contributed by atoms with E-state index in [4.69, 9.17) is 14.8 Å².